The van der Waals surface area contributed by atoms with E-state index in [0.717, 1.165) is 17.0 Å². The van der Waals surface area contributed by atoms with Crippen molar-refractivity contribution in [1.82, 2.24) is 15.3 Å². The van der Waals surface area contributed by atoms with Crippen LogP contribution in [0.4, 0.5) is 16.0 Å². The van der Waals surface area contributed by atoms with Gasteiger partial charge in [0.2, 0.25) is 5.95 Å². The summed E-state index contributed by atoms with van der Waals surface area (Å²) < 4.78 is 18.3. The quantitative estimate of drug-likeness (QED) is 0.667. The van der Waals surface area contributed by atoms with Gasteiger partial charge in [0.1, 0.15) is 17.3 Å². The van der Waals surface area contributed by atoms with Gasteiger partial charge in [-0.1, -0.05) is 12.1 Å². The van der Waals surface area contributed by atoms with Gasteiger partial charge in [0.05, 0.1) is 6.61 Å². The van der Waals surface area contributed by atoms with E-state index in [0.29, 0.717) is 12.6 Å². The van der Waals surface area contributed by atoms with Crippen LogP contribution in [0.15, 0.2) is 60.8 Å². The number of hydrogen-bond acceptors (Lipinski definition) is 5. The highest BCUT2D eigenvalue weighted by molar-refractivity contribution is 5.92. The fourth-order valence-electron chi connectivity index (χ4n) is 2.35. The Bertz CT molecular complexity index is 899. The second kappa shape index (κ2) is 8.75. The molecule has 0 aliphatic rings. The Morgan fingerprint density at radius 2 is 1.81 bits per heavy atom. The number of hydrogen-bond donors (Lipinski definition) is 2. The molecule has 0 saturated heterocycles. The molecule has 0 spiro atoms. The normalized spacial score (nSPS) is 10.3. The number of nitrogens with zero attached hydrogens (tertiary/aromatic N) is 2. The predicted octanol–water partition coefficient (Wildman–Crippen LogP) is 3.69. The van der Waals surface area contributed by atoms with Crippen LogP contribution in [0.1, 0.15) is 23.0 Å². The molecule has 138 valence electrons. The number of halogens is 1. The third-order valence-electron chi connectivity index (χ3n) is 3.68. The topological polar surface area (TPSA) is 76.1 Å². The minimum atomic E-state index is -0.337. The van der Waals surface area contributed by atoms with Crippen LogP contribution in [-0.4, -0.2) is 22.5 Å². The minimum absolute atomic E-state index is 0.237. The molecule has 0 saturated carbocycles. The first-order valence-corrected chi connectivity index (χ1v) is 8.49. The largest absolute Gasteiger partial charge is 0.494 e. The first-order valence-electron chi connectivity index (χ1n) is 8.49. The molecule has 0 unspecified atom stereocenters. The Hall–Kier alpha value is -3.48. The lowest BCUT2D eigenvalue weighted by molar-refractivity contribution is 0.0946. The van der Waals surface area contributed by atoms with Gasteiger partial charge in [0.25, 0.3) is 5.91 Å². The van der Waals surface area contributed by atoms with Gasteiger partial charge in [0.15, 0.2) is 0 Å². The average molecular weight is 366 g/mol. The van der Waals surface area contributed by atoms with E-state index in [1.54, 1.807) is 12.1 Å². The summed E-state index contributed by atoms with van der Waals surface area (Å²) in [5, 5.41) is 5.80. The molecule has 1 heterocycles. The number of carbonyl (C=O) groups excluding carboxylic acids is 1. The van der Waals surface area contributed by atoms with Crippen molar-refractivity contribution in [1.29, 1.82) is 0 Å². The average Bonchev–Trinajstić information content (AvgIpc) is 2.69. The van der Waals surface area contributed by atoms with E-state index in [-0.39, 0.29) is 24.0 Å². The molecular weight excluding hydrogens is 347 g/mol. The number of carbonyl (C=O) groups is 1. The minimum Gasteiger partial charge on any atom is -0.494 e. The fraction of sp³-hybridized carbons (Fsp3) is 0.150. The van der Waals surface area contributed by atoms with Crippen molar-refractivity contribution in [3.8, 4) is 5.75 Å². The van der Waals surface area contributed by atoms with Crippen molar-refractivity contribution in [2.24, 2.45) is 0 Å². The number of aromatic nitrogens is 2. The van der Waals surface area contributed by atoms with E-state index in [1.165, 1.54) is 24.4 Å². The zero-order chi connectivity index (χ0) is 19.1. The Labute approximate surface area is 156 Å². The number of ether oxygens (including phenoxy) is 1. The lowest BCUT2D eigenvalue weighted by Gasteiger charge is -2.08. The van der Waals surface area contributed by atoms with E-state index >= 15 is 0 Å². The van der Waals surface area contributed by atoms with Crippen LogP contribution in [0, 0.1) is 5.82 Å². The van der Waals surface area contributed by atoms with Crippen molar-refractivity contribution in [3.05, 3.63) is 77.9 Å². The van der Waals surface area contributed by atoms with Crippen LogP contribution in [-0.2, 0) is 6.54 Å². The van der Waals surface area contributed by atoms with E-state index in [9.17, 15) is 9.18 Å². The number of nitrogens with one attached hydrogen (secondary N) is 2. The Kier molecular flexibility index (Phi) is 5.94. The lowest BCUT2D eigenvalue weighted by atomic mass is 10.2. The molecule has 0 bridgehead atoms. The lowest BCUT2D eigenvalue weighted by Crippen LogP contribution is -2.24. The number of amides is 1. The highest BCUT2D eigenvalue weighted by Crippen LogP contribution is 2.18. The first-order chi connectivity index (χ1) is 13.1. The first kappa shape index (κ1) is 18.3. The molecule has 0 aliphatic heterocycles. The fourth-order valence-corrected chi connectivity index (χ4v) is 2.35. The molecule has 2 N–H and O–H groups in total. The van der Waals surface area contributed by atoms with Crippen molar-refractivity contribution in [2.75, 3.05) is 11.9 Å². The van der Waals surface area contributed by atoms with E-state index in [2.05, 4.69) is 20.6 Å². The van der Waals surface area contributed by atoms with Gasteiger partial charge in [-0.15, -0.1) is 0 Å². The van der Waals surface area contributed by atoms with Gasteiger partial charge in [0, 0.05) is 18.4 Å². The second-order valence-electron chi connectivity index (χ2n) is 5.66. The molecule has 1 amide bonds. The Morgan fingerprint density at radius 1 is 1.07 bits per heavy atom. The monoisotopic (exact) mass is 366 g/mol. The molecular formula is C20H19FN4O2. The predicted molar refractivity (Wildman–Crippen MR) is 100 cm³/mol. The molecule has 0 atom stereocenters. The van der Waals surface area contributed by atoms with Crippen LogP contribution < -0.4 is 15.4 Å². The molecule has 3 rings (SSSR count). The zero-order valence-corrected chi connectivity index (χ0v) is 14.8. The summed E-state index contributed by atoms with van der Waals surface area (Å²) >= 11 is 0. The van der Waals surface area contributed by atoms with Crippen molar-refractivity contribution < 1.29 is 13.9 Å². The molecule has 0 aliphatic carbocycles. The number of anilines is 2. The van der Waals surface area contributed by atoms with Crippen molar-refractivity contribution in [2.45, 2.75) is 13.5 Å². The van der Waals surface area contributed by atoms with Crippen LogP contribution in [0.2, 0.25) is 0 Å². The smallest absolute Gasteiger partial charge is 0.270 e. The summed E-state index contributed by atoms with van der Waals surface area (Å²) in [5.74, 6) is 0.439. The summed E-state index contributed by atoms with van der Waals surface area (Å²) in [6, 6.07) is 14.8. The van der Waals surface area contributed by atoms with Crippen molar-refractivity contribution in [3.63, 3.8) is 0 Å². The summed E-state index contributed by atoms with van der Waals surface area (Å²) in [5.41, 5.74) is 1.81. The molecule has 7 heteroatoms. The van der Waals surface area contributed by atoms with E-state index in [4.69, 9.17) is 4.74 Å². The number of benzene rings is 2. The Balaban J connectivity index is 1.62. The third-order valence-corrected chi connectivity index (χ3v) is 3.68. The molecule has 1 aromatic heterocycles. The molecule has 0 fully saturated rings. The summed E-state index contributed by atoms with van der Waals surface area (Å²) in [6.07, 6.45) is 1.51. The highest BCUT2D eigenvalue weighted by atomic mass is 19.1. The van der Waals surface area contributed by atoms with E-state index < -0.39 is 0 Å². The molecule has 2 aromatic carbocycles. The SMILES string of the molecule is CCOc1ccc(Nc2nccc(C(=O)NCc3ccc(F)cc3)n2)cc1. The maximum atomic E-state index is 12.9. The maximum absolute atomic E-state index is 12.9. The standard InChI is InChI=1S/C20H19FN4O2/c1-2-27-17-9-7-16(8-10-17)24-20-22-12-11-18(25-20)19(26)23-13-14-3-5-15(21)6-4-14/h3-12H,2,13H2,1H3,(H,23,26)(H,22,24,25). The zero-order valence-electron chi connectivity index (χ0n) is 14.8. The van der Waals surface area contributed by atoms with Crippen LogP contribution >= 0.6 is 0 Å². The molecule has 6 nitrogen and oxygen atoms in total. The summed E-state index contributed by atoms with van der Waals surface area (Å²) in [4.78, 5) is 20.6. The summed E-state index contributed by atoms with van der Waals surface area (Å²) in [6.45, 7) is 2.81. The van der Waals surface area contributed by atoms with Gasteiger partial charge in [-0.25, -0.2) is 14.4 Å². The van der Waals surface area contributed by atoms with Crippen molar-refractivity contribution >= 4 is 17.5 Å². The molecule has 3 aromatic rings. The van der Waals surface area contributed by atoms with Crippen LogP contribution in [0.25, 0.3) is 0 Å². The van der Waals surface area contributed by atoms with Crippen LogP contribution in [0.3, 0.4) is 0 Å². The van der Waals surface area contributed by atoms with Gasteiger partial charge < -0.3 is 15.4 Å². The van der Waals surface area contributed by atoms with E-state index in [1.807, 2.05) is 31.2 Å². The maximum Gasteiger partial charge on any atom is 0.270 e. The highest BCUT2D eigenvalue weighted by Gasteiger charge is 2.09. The third kappa shape index (κ3) is 5.24. The second-order valence-corrected chi connectivity index (χ2v) is 5.66. The van der Waals surface area contributed by atoms with Gasteiger partial charge >= 0.3 is 0 Å². The molecule has 27 heavy (non-hydrogen) atoms. The number of rotatable bonds is 7. The Morgan fingerprint density at radius 3 is 2.52 bits per heavy atom. The molecule has 0 radical (unpaired) electrons. The van der Waals surface area contributed by atoms with Gasteiger partial charge in [-0.05, 0) is 55.0 Å². The van der Waals surface area contributed by atoms with Gasteiger partial charge in [-0.2, -0.15) is 0 Å². The summed E-state index contributed by atoms with van der Waals surface area (Å²) in [7, 11) is 0. The van der Waals surface area contributed by atoms with Crippen LogP contribution in [0.5, 0.6) is 5.75 Å². The van der Waals surface area contributed by atoms with Gasteiger partial charge in [-0.3, -0.25) is 4.79 Å².